The second-order valence-corrected chi connectivity index (χ2v) is 6.65. The summed E-state index contributed by atoms with van der Waals surface area (Å²) in [6.07, 6.45) is -3.16. The van der Waals surface area contributed by atoms with Crippen molar-refractivity contribution >= 4 is 28.4 Å². The molecule has 2 aromatic carbocycles. The van der Waals surface area contributed by atoms with E-state index in [1.807, 2.05) is 0 Å². The number of carbonyl (C=O) groups is 2. The molecule has 2 heterocycles. The molecule has 2 amide bonds. The first-order chi connectivity index (χ1) is 15.2. The molecule has 0 aliphatic carbocycles. The number of ether oxygens (including phenoxy) is 1. The van der Waals surface area contributed by atoms with Gasteiger partial charge in [0.2, 0.25) is 0 Å². The van der Waals surface area contributed by atoms with Gasteiger partial charge < -0.3 is 15.8 Å². The third-order valence-electron chi connectivity index (χ3n) is 4.44. The number of fused-ring (bicyclic) bond motifs is 1. The molecule has 4 N–H and O–H groups in total. The number of aromatic amines is 1. The SMILES string of the molecule is NC(=O)c1cc(Oc2ccc(NC(=O)c3n[nH]c4ccc(C(F)(F)F)cc34)cc2)ccn1. The number of rotatable bonds is 5. The number of nitrogens with one attached hydrogen (secondary N) is 2. The quantitative estimate of drug-likeness (QED) is 0.430. The first-order valence-electron chi connectivity index (χ1n) is 9.11. The molecule has 4 rings (SSSR count). The minimum absolute atomic E-state index is 0.0475. The van der Waals surface area contributed by atoms with Crippen molar-refractivity contribution in [2.24, 2.45) is 5.73 Å². The van der Waals surface area contributed by atoms with Crippen molar-refractivity contribution < 1.29 is 27.5 Å². The number of carbonyl (C=O) groups excluding carboxylic acids is 2. The van der Waals surface area contributed by atoms with E-state index in [0.29, 0.717) is 22.7 Å². The van der Waals surface area contributed by atoms with Crippen LogP contribution in [0.15, 0.2) is 60.8 Å². The number of primary amides is 1. The molecule has 0 spiro atoms. The smallest absolute Gasteiger partial charge is 0.416 e. The number of amides is 2. The number of hydrogen-bond donors (Lipinski definition) is 3. The van der Waals surface area contributed by atoms with Crippen molar-refractivity contribution in [3.05, 3.63) is 77.7 Å². The number of alkyl halides is 3. The maximum Gasteiger partial charge on any atom is 0.416 e. The summed E-state index contributed by atoms with van der Waals surface area (Å²) in [6, 6.07) is 12.1. The molecule has 0 aliphatic rings. The molecule has 4 aromatic rings. The van der Waals surface area contributed by atoms with Gasteiger partial charge in [-0.2, -0.15) is 18.3 Å². The Morgan fingerprint density at radius 2 is 1.75 bits per heavy atom. The van der Waals surface area contributed by atoms with Gasteiger partial charge in [0.1, 0.15) is 17.2 Å². The van der Waals surface area contributed by atoms with Gasteiger partial charge in [-0.3, -0.25) is 19.7 Å². The van der Waals surface area contributed by atoms with E-state index in [1.165, 1.54) is 18.3 Å². The fourth-order valence-electron chi connectivity index (χ4n) is 2.91. The van der Waals surface area contributed by atoms with E-state index in [2.05, 4.69) is 20.5 Å². The molecular weight excluding hydrogens is 427 g/mol. The van der Waals surface area contributed by atoms with Crippen LogP contribution >= 0.6 is 0 Å². The molecule has 0 aliphatic heterocycles. The molecule has 0 radical (unpaired) electrons. The number of aromatic nitrogens is 3. The highest BCUT2D eigenvalue weighted by molar-refractivity contribution is 6.11. The van der Waals surface area contributed by atoms with Gasteiger partial charge in [0.25, 0.3) is 11.8 Å². The van der Waals surface area contributed by atoms with E-state index in [0.717, 1.165) is 12.1 Å². The number of nitrogens with zero attached hydrogens (tertiary/aromatic N) is 2. The Balaban J connectivity index is 1.50. The summed E-state index contributed by atoms with van der Waals surface area (Å²) in [5.41, 5.74) is 4.87. The van der Waals surface area contributed by atoms with Crippen LogP contribution in [0.4, 0.5) is 18.9 Å². The molecule has 0 bridgehead atoms. The molecule has 0 atom stereocenters. The summed E-state index contributed by atoms with van der Waals surface area (Å²) in [5, 5.41) is 9.02. The zero-order chi connectivity index (χ0) is 22.9. The van der Waals surface area contributed by atoms with Crippen LogP contribution in [0.3, 0.4) is 0 Å². The minimum atomic E-state index is -4.54. The molecule has 11 heteroatoms. The summed E-state index contributed by atoms with van der Waals surface area (Å²) in [7, 11) is 0. The Kier molecular flexibility index (Phi) is 5.23. The van der Waals surface area contributed by atoms with Gasteiger partial charge in [0.15, 0.2) is 5.69 Å². The minimum Gasteiger partial charge on any atom is -0.457 e. The maximum atomic E-state index is 13.0. The number of pyridine rings is 1. The van der Waals surface area contributed by atoms with Crippen LogP contribution in [-0.2, 0) is 6.18 Å². The fraction of sp³-hybridized carbons (Fsp3) is 0.0476. The largest absolute Gasteiger partial charge is 0.457 e. The predicted molar refractivity (Wildman–Crippen MR) is 108 cm³/mol. The molecule has 0 fully saturated rings. The topological polar surface area (TPSA) is 123 Å². The highest BCUT2D eigenvalue weighted by Gasteiger charge is 2.31. The summed E-state index contributed by atoms with van der Waals surface area (Å²) in [6.45, 7) is 0. The Morgan fingerprint density at radius 1 is 1.00 bits per heavy atom. The van der Waals surface area contributed by atoms with E-state index < -0.39 is 23.6 Å². The van der Waals surface area contributed by atoms with E-state index >= 15 is 0 Å². The summed E-state index contributed by atoms with van der Waals surface area (Å²) in [5.74, 6) is -0.620. The normalized spacial score (nSPS) is 11.3. The highest BCUT2D eigenvalue weighted by atomic mass is 19.4. The zero-order valence-corrected chi connectivity index (χ0v) is 16.1. The van der Waals surface area contributed by atoms with Crippen LogP contribution in [0.2, 0.25) is 0 Å². The fourth-order valence-corrected chi connectivity index (χ4v) is 2.91. The van der Waals surface area contributed by atoms with E-state index in [-0.39, 0.29) is 16.8 Å². The average molecular weight is 441 g/mol. The highest BCUT2D eigenvalue weighted by Crippen LogP contribution is 2.32. The van der Waals surface area contributed by atoms with Gasteiger partial charge in [0, 0.05) is 23.3 Å². The molecule has 32 heavy (non-hydrogen) atoms. The Labute approximate surface area is 178 Å². The van der Waals surface area contributed by atoms with Gasteiger partial charge in [-0.25, -0.2) is 0 Å². The standard InChI is InChI=1S/C21H14F3N5O3/c22-21(23,24)11-1-6-16-15(9-11)18(29-28-16)20(31)27-12-2-4-13(5-3-12)32-14-7-8-26-17(10-14)19(25)30/h1-10H,(H2,25,30)(H,27,31)(H,28,29). The van der Waals surface area contributed by atoms with Crippen LogP contribution in [0.25, 0.3) is 10.9 Å². The number of hydrogen-bond acceptors (Lipinski definition) is 5. The van der Waals surface area contributed by atoms with E-state index in [1.54, 1.807) is 30.3 Å². The Morgan fingerprint density at radius 3 is 2.44 bits per heavy atom. The van der Waals surface area contributed by atoms with Crippen molar-refractivity contribution in [1.82, 2.24) is 15.2 Å². The van der Waals surface area contributed by atoms with Crippen molar-refractivity contribution in [2.45, 2.75) is 6.18 Å². The van der Waals surface area contributed by atoms with Crippen LogP contribution < -0.4 is 15.8 Å². The van der Waals surface area contributed by atoms with Gasteiger partial charge in [-0.1, -0.05) is 0 Å². The van der Waals surface area contributed by atoms with E-state index in [9.17, 15) is 22.8 Å². The second kappa shape index (κ2) is 8.02. The molecule has 162 valence electrons. The monoisotopic (exact) mass is 441 g/mol. The van der Waals surface area contributed by atoms with Crippen molar-refractivity contribution in [3.63, 3.8) is 0 Å². The van der Waals surface area contributed by atoms with Gasteiger partial charge in [-0.05, 0) is 48.5 Å². The third kappa shape index (κ3) is 4.36. The van der Waals surface area contributed by atoms with Crippen LogP contribution in [0, 0.1) is 0 Å². The molecular formula is C21H14F3N5O3. The lowest BCUT2D eigenvalue weighted by Crippen LogP contribution is -2.13. The molecule has 2 aromatic heterocycles. The molecule has 0 saturated heterocycles. The average Bonchev–Trinajstić information content (AvgIpc) is 3.18. The van der Waals surface area contributed by atoms with Crippen LogP contribution in [0.1, 0.15) is 26.5 Å². The predicted octanol–water partition coefficient (Wildman–Crippen LogP) is 4.12. The first-order valence-corrected chi connectivity index (χ1v) is 9.11. The number of halogens is 3. The molecule has 8 nitrogen and oxygen atoms in total. The summed E-state index contributed by atoms with van der Waals surface area (Å²) in [4.78, 5) is 27.6. The number of anilines is 1. The molecule has 0 saturated carbocycles. The molecule has 0 unspecified atom stereocenters. The van der Waals surface area contributed by atoms with Gasteiger partial charge >= 0.3 is 6.18 Å². The number of benzene rings is 2. The van der Waals surface area contributed by atoms with Crippen LogP contribution in [-0.4, -0.2) is 27.0 Å². The van der Waals surface area contributed by atoms with Crippen molar-refractivity contribution in [1.29, 1.82) is 0 Å². The lowest BCUT2D eigenvalue weighted by molar-refractivity contribution is -0.137. The second-order valence-electron chi connectivity index (χ2n) is 6.65. The maximum absolute atomic E-state index is 13.0. The third-order valence-corrected chi connectivity index (χ3v) is 4.44. The van der Waals surface area contributed by atoms with Crippen LogP contribution in [0.5, 0.6) is 11.5 Å². The lowest BCUT2D eigenvalue weighted by Gasteiger charge is -2.08. The summed E-state index contributed by atoms with van der Waals surface area (Å²) < 4.78 is 44.6. The Bertz CT molecular complexity index is 1320. The number of H-pyrrole nitrogens is 1. The zero-order valence-electron chi connectivity index (χ0n) is 16.1. The van der Waals surface area contributed by atoms with E-state index in [4.69, 9.17) is 10.5 Å². The summed E-state index contributed by atoms with van der Waals surface area (Å²) >= 11 is 0. The van der Waals surface area contributed by atoms with Gasteiger partial charge in [-0.15, -0.1) is 0 Å². The Hall–Kier alpha value is -4.41. The van der Waals surface area contributed by atoms with Crippen molar-refractivity contribution in [2.75, 3.05) is 5.32 Å². The first kappa shape index (κ1) is 20.8. The van der Waals surface area contributed by atoms with Crippen molar-refractivity contribution in [3.8, 4) is 11.5 Å². The van der Waals surface area contributed by atoms with Gasteiger partial charge in [0.05, 0.1) is 11.1 Å². The number of nitrogens with two attached hydrogens (primary N) is 1. The lowest BCUT2D eigenvalue weighted by atomic mass is 10.1.